The number of benzene rings is 1. The SMILES string of the molecule is CC(CC=O)(c1ccccc1)C1OCCO1. The second-order valence-corrected chi connectivity index (χ2v) is 4.23. The van der Waals surface area contributed by atoms with Crippen molar-refractivity contribution in [1.29, 1.82) is 0 Å². The maximum absolute atomic E-state index is 10.8. The van der Waals surface area contributed by atoms with E-state index in [1.807, 2.05) is 37.3 Å². The van der Waals surface area contributed by atoms with Gasteiger partial charge in [-0.2, -0.15) is 0 Å². The minimum absolute atomic E-state index is 0.319. The second-order valence-electron chi connectivity index (χ2n) is 4.23. The van der Waals surface area contributed by atoms with Crippen molar-refractivity contribution in [2.24, 2.45) is 0 Å². The van der Waals surface area contributed by atoms with Gasteiger partial charge < -0.3 is 14.3 Å². The van der Waals surface area contributed by atoms with E-state index in [1.54, 1.807) is 0 Å². The molecule has 0 aliphatic carbocycles. The molecule has 1 aromatic carbocycles. The van der Waals surface area contributed by atoms with E-state index in [2.05, 4.69) is 0 Å². The van der Waals surface area contributed by atoms with Crippen LogP contribution in [0.4, 0.5) is 0 Å². The molecule has 16 heavy (non-hydrogen) atoms. The maximum atomic E-state index is 10.8. The summed E-state index contributed by atoms with van der Waals surface area (Å²) < 4.78 is 11.1. The molecule has 1 heterocycles. The van der Waals surface area contributed by atoms with Gasteiger partial charge in [0.1, 0.15) is 6.29 Å². The standard InChI is InChI=1S/C13H16O3/c1-13(7-8-14,12-15-9-10-16-12)11-5-3-2-4-6-11/h2-6,8,12H,7,9-10H2,1H3. The van der Waals surface area contributed by atoms with E-state index in [9.17, 15) is 4.79 Å². The van der Waals surface area contributed by atoms with Crippen LogP contribution >= 0.6 is 0 Å². The molecule has 1 unspecified atom stereocenters. The Kier molecular flexibility index (Phi) is 3.36. The summed E-state index contributed by atoms with van der Waals surface area (Å²) in [6, 6.07) is 9.91. The molecule has 0 spiro atoms. The van der Waals surface area contributed by atoms with Gasteiger partial charge in [-0.25, -0.2) is 0 Å². The zero-order valence-electron chi connectivity index (χ0n) is 9.39. The van der Waals surface area contributed by atoms with E-state index in [4.69, 9.17) is 9.47 Å². The van der Waals surface area contributed by atoms with Crippen molar-refractivity contribution in [1.82, 2.24) is 0 Å². The summed E-state index contributed by atoms with van der Waals surface area (Å²) in [7, 11) is 0. The molecule has 1 aliphatic rings. The van der Waals surface area contributed by atoms with Crippen LogP contribution in [-0.2, 0) is 19.7 Å². The second kappa shape index (κ2) is 4.76. The molecule has 0 saturated carbocycles. The lowest BCUT2D eigenvalue weighted by atomic mass is 9.79. The lowest BCUT2D eigenvalue weighted by Gasteiger charge is -2.32. The number of carbonyl (C=O) groups is 1. The molecule has 1 aliphatic heterocycles. The Labute approximate surface area is 95.4 Å². The van der Waals surface area contributed by atoms with Gasteiger partial charge in [0, 0.05) is 6.42 Å². The first kappa shape index (κ1) is 11.3. The number of carbonyl (C=O) groups excluding carboxylic acids is 1. The molecule has 1 aromatic rings. The van der Waals surface area contributed by atoms with Gasteiger partial charge in [0.05, 0.1) is 18.6 Å². The van der Waals surface area contributed by atoms with E-state index >= 15 is 0 Å². The topological polar surface area (TPSA) is 35.5 Å². The lowest BCUT2D eigenvalue weighted by molar-refractivity contribution is -0.119. The molecule has 0 N–H and O–H groups in total. The summed E-state index contributed by atoms with van der Waals surface area (Å²) in [5, 5.41) is 0. The van der Waals surface area contributed by atoms with Crippen LogP contribution in [-0.4, -0.2) is 25.8 Å². The molecule has 1 fully saturated rings. The van der Waals surface area contributed by atoms with Gasteiger partial charge in [-0.1, -0.05) is 37.3 Å². The van der Waals surface area contributed by atoms with Gasteiger partial charge in [0.2, 0.25) is 0 Å². The molecule has 0 aromatic heterocycles. The first-order valence-electron chi connectivity index (χ1n) is 5.50. The summed E-state index contributed by atoms with van der Waals surface area (Å²) >= 11 is 0. The van der Waals surface area contributed by atoms with E-state index in [0.29, 0.717) is 19.6 Å². The largest absolute Gasteiger partial charge is 0.349 e. The van der Waals surface area contributed by atoms with Crippen LogP contribution in [0, 0.1) is 0 Å². The van der Waals surface area contributed by atoms with Crippen molar-refractivity contribution in [2.75, 3.05) is 13.2 Å². The van der Waals surface area contributed by atoms with Crippen LogP contribution in [0.25, 0.3) is 0 Å². The Morgan fingerprint density at radius 1 is 1.31 bits per heavy atom. The molecule has 0 amide bonds. The molecule has 3 heteroatoms. The van der Waals surface area contributed by atoms with Gasteiger partial charge in [-0.3, -0.25) is 0 Å². The Bertz CT molecular complexity index is 343. The van der Waals surface area contributed by atoms with Crippen molar-refractivity contribution in [3.8, 4) is 0 Å². The number of hydrogen-bond acceptors (Lipinski definition) is 3. The molecule has 0 bridgehead atoms. The third kappa shape index (κ3) is 2.01. The molecular formula is C13H16O3. The third-order valence-corrected chi connectivity index (χ3v) is 3.08. The zero-order chi connectivity index (χ0) is 11.4. The summed E-state index contributed by atoms with van der Waals surface area (Å²) in [4.78, 5) is 10.8. The van der Waals surface area contributed by atoms with Gasteiger partial charge >= 0.3 is 0 Å². The highest BCUT2D eigenvalue weighted by atomic mass is 16.7. The number of hydrogen-bond donors (Lipinski definition) is 0. The number of rotatable bonds is 4. The first-order valence-corrected chi connectivity index (χ1v) is 5.50. The van der Waals surface area contributed by atoms with Crippen LogP contribution in [0.3, 0.4) is 0 Å². The first-order chi connectivity index (χ1) is 7.77. The van der Waals surface area contributed by atoms with Crippen molar-refractivity contribution in [2.45, 2.75) is 25.0 Å². The van der Waals surface area contributed by atoms with Crippen LogP contribution in [0.2, 0.25) is 0 Å². The van der Waals surface area contributed by atoms with E-state index in [1.165, 1.54) is 0 Å². The Morgan fingerprint density at radius 3 is 2.50 bits per heavy atom. The predicted molar refractivity (Wildman–Crippen MR) is 60.2 cm³/mol. The molecule has 2 rings (SSSR count). The fraction of sp³-hybridized carbons (Fsp3) is 0.462. The van der Waals surface area contributed by atoms with E-state index in [-0.39, 0.29) is 11.7 Å². The minimum Gasteiger partial charge on any atom is -0.349 e. The summed E-state index contributed by atoms with van der Waals surface area (Å²) in [5.41, 5.74) is 0.688. The molecule has 86 valence electrons. The van der Waals surface area contributed by atoms with Crippen molar-refractivity contribution >= 4 is 6.29 Å². The Morgan fingerprint density at radius 2 is 1.94 bits per heavy atom. The normalized spacial score (nSPS) is 20.6. The molecule has 3 nitrogen and oxygen atoms in total. The van der Waals surface area contributed by atoms with Gasteiger partial charge in [0.25, 0.3) is 0 Å². The average Bonchev–Trinajstić information content (AvgIpc) is 2.84. The Balaban J connectivity index is 2.30. The fourth-order valence-corrected chi connectivity index (χ4v) is 2.07. The Hall–Kier alpha value is -1.19. The van der Waals surface area contributed by atoms with E-state index in [0.717, 1.165) is 11.8 Å². The van der Waals surface area contributed by atoms with Crippen LogP contribution in [0.1, 0.15) is 18.9 Å². The van der Waals surface area contributed by atoms with Crippen LogP contribution < -0.4 is 0 Å². The molecule has 0 radical (unpaired) electrons. The predicted octanol–water partition coefficient (Wildman–Crippen LogP) is 1.91. The third-order valence-electron chi connectivity index (χ3n) is 3.08. The summed E-state index contributed by atoms with van der Waals surface area (Å²) in [5.74, 6) is 0. The van der Waals surface area contributed by atoms with Crippen molar-refractivity contribution in [3.05, 3.63) is 35.9 Å². The average molecular weight is 220 g/mol. The molecule has 1 saturated heterocycles. The summed E-state index contributed by atoms with van der Waals surface area (Å²) in [6.45, 7) is 3.21. The van der Waals surface area contributed by atoms with Crippen LogP contribution in [0.5, 0.6) is 0 Å². The van der Waals surface area contributed by atoms with Crippen LogP contribution in [0.15, 0.2) is 30.3 Å². The van der Waals surface area contributed by atoms with Gasteiger partial charge in [-0.15, -0.1) is 0 Å². The molecule has 1 atom stereocenters. The molecular weight excluding hydrogens is 204 g/mol. The zero-order valence-corrected chi connectivity index (χ0v) is 9.39. The van der Waals surface area contributed by atoms with Crippen molar-refractivity contribution < 1.29 is 14.3 Å². The highest BCUT2D eigenvalue weighted by Crippen LogP contribution is 2.34. The highest BCUT2D eigenvalue weighted by Gasteiger charge is 2.39. The minimum atomic E-state index is -0.389. The van der Waals surface area contributed by atoms with Gasteiger partial charge in [-0.05, 0) is 5.56 Å². The smallest absolute Gasteiger partial charge is 0.167 e. The van der Waals surface area contributed by atoms with Gasteiger partial charge in [0.15, 0.2) is 6.29 Å². The highest BCUT2D eigenvalue weighted by molar-refractivity contribution is 5.53. The fourth-order valence-electron chi connectivity index (χ4n) is 2.07. The number of aldehydes is 1. The quantitative estimate of drug-likeness (QED) is 0.727. The van der Waals surface area contributed by atoms with Crippen molar-refractivity contribution in [3.63, 3.8) is 0 Å². The lowest BCUT2D eigenvalue weighted by Crippen LogP contribution is -2.38. The number of ether oxygens (including phenoxy) is 2. The summed E-state index contributed by atoms with van der Waals surface area (Å²) in [6.07, 6.45) is 1.01. The monoisotopic (exact) mass is 220 g/mol. The van der Waals surface area contributed by atoms with E-state index < -0.39 is 0 Å². The maximum Gasteiger partial charge on any atom is 0.167 e.